The lowest BCUT2D eigenvalue weighted by Crippen LogP contribution is -1.92. The Morgan fingerprint density at radius 1 is 0.410 bits per heavy atom. The number of benzene rings is 5. The van der Waals surface area contributed by atoms with Crippen LogP contribution in [0.15, 0.2) is 140 Å². The van der Waals surface area contributed by atoms with E-state index in [4.69, 9.17) is 0 Å². The van der Waals surface area contributed by atoms with Crippen molar-refractivity contribution in [1.29, 1.82) is 0 Å². The van der Waals surface area contributed by atoms with Gasteiger partial charge in [0.2, 0.25) is 0 Å². The lowest BCUT2D eigenvalue weighted by molar-refractivity contribution is 1.20. The smallest absolute Gasteiger partial charge is 0.0373 e. The molecule has 184 valence electrons. The van der Waals surface area contributed by atoms with Crippen molar-refractivity contribution in [2.75, 3.05) is 0 Å². The Kier molecular flexibility index (Phi) is 5.71. The van der Waals surface area contributed by atoms with E-state index < -0.39 is 0 Å². The van der Waals surface area contributed by atoms with Crippen LogP contribution >= 0.6 is 0 Å². The number of rotatable bonds is 4. The van der Waals surface area contributed by atoms with Crippen LogP contribution in [0.3, 0.4) is 0 Å². The second kappa shape index (κ2) is 9.66. The summed E-state index contributed by atoms with van der Waals surface area (Å²) in [5, 5.41) is 4.99. The number of pyridine rings is 2. The molecule has 0 radical (unpaired) electrons. The molecule has 0 atom stereocenters. The molecule has 0 aliphatic heterocycles. The number of nitrogens with zero attached hydrogens (tertiary/aromatic N) is 2. The third-order valence-electron chi connectivity index (χ3n) is 7.52. The molecule has 0 fully saturated rings. The van der Waals surface area contributed by atoms with Crippen molar-refractivity contribution in [3.8, 4) is 44.5 Å². The van der Waals surface area contributed by atoms with Crippen LogP contribution in [0, 0.1) is 6.92 Å². The minimum Gasteiger partial charge on any atom is -0.265 e. The Hall–Kier alpha value is -5.08. The normalized spacial score (nSPS) is 11.2. The van der Waals surface area contributed by atoms with Crippen molar-refractivity contribution >= 4 is 21.5 Å². The molecule has 0 spiro atoms. The summed E-state index contributed by atoms with van der Waals surface area (Å²) >= 11 is 0. The molecule has 0 aliphatic carbocycles. The van der Waals surface area contributed by atoms with Gasteiger partial charge in [0.25, 0.3) is 0 Å². The summed E-state index contributed by atoms with van der Waals surface area (Å²) in [5.41, 5.74) is 10.6. The fourth-order valence-corrected chi connectivity index (χ4v) is 5.60. The van der Waals surface area contributed by atoms with Gasteiger partial charge < -0.3 is 0 Å². The third kappa shape index (κ3) is 4.17. The maximum absolute atomic E-state index is 4.46. The molecular formula is C37H26N2. The van der Waals surface area contributed by atoms with Crippen LogP contribution in [0.2, 0.25) is 0 Å². The first-order valence-corrected chi connectivity index (χ1v) is 13.2. The van der Waals surface area contributed by atoms with Crippen molar-refractivity contribution in [2.45, 2.75) is 6.92 Å². The van der Waals surface area contributed by atoms with Gasteiger partial charge in [-0.05, 0) is 91.7 Å². The Balaban J connectivity index is 1.48. The zero-order valence-corrected chi connectivity index (χ0v) is 21.7. The van der Waals surface area contributed by atoms with Crippen LogP contribution in [-0.2, 0) is 0 Å². The van der Waals surface area contributed by atoms with E-state index >= 15 is 0 Å². The molecule has 0 N–H and O–H groups in total. The highest BCUT2D eigenvalue weighted by Gasteiger charge is 2.17. The highest BCUT2D eigenvalue weighted by Crippen LogP contribution is 2.44. The van der Waals surface area contributed by atoms with E-state index in [1.165, 1.54) is 60.5 Å². The van der Waals surface area contributed by atoms with Gasteiger partial charge in [0, 0.05) is 29.8 Å². The average Bonchev–Trinajstić information content (AvgIpc) is 3.01. The first-order valence-electron chi connectivity index (χ1n) is 13.2. The number of hydrogen-bond donors (Lipinski definition) is 0. The quantitative estimate of drug-likeness (QED) is 0.226. The van der Waals surface area contributed by atoms with Crippen molar-refractivity contribution in [3.63, 3.8) is 0 Å². The SMILES string of the molecule is Cc1ccc(-c2ccc(-c3ccc4c(-c5ccccc5)c5ccccc5c(-c5ccncc5)c4c3)cc2)cn1. The van der Waals surface area contributed by atoms with E-state index in [9.17, 15) is 0 Å². The zero-order chi connectivity index (χ0) is 26.2. The van der Waals surface area contributed by atoms with Gasteiger partial charge in [-0.3, -0.25) is 9.97 Å². The number of hydrogen-bond acceptors (Lipinski definition) is 2. The Morgan fingerprint density at radius 3 is 1.62 bits per heavy atom. The van der Waals surface area contributed by atoms with Gasteiger partial charge in [-0.15, -0.1) is 0 Å². The van der Waals surface area contributed by atoms with E-state index in [1.807, 2.05) is 25.5 Å². The van der Waals surface area contributed by atoms with E-state index in [1.54, 1.807) is 0 Å². The molecule has 0 aliphatic rings. The highest BCUT2D eigenvalue weighted by atomic mass is 14.7. The minimum absolute atomic E-state index is 1.03. The second-order valence-corrected chi connectivity index (χ2v) is 9.92. The fraction of sp³-hybridized carbons (Fsp3) is 0.0270. The minimum atomic E-state index is 1.03. The highest BCUT2D eigenvalue weighted by molar-refractivity contribution is 6.21. The van der Waals surface area contributed by atoms with Crippen molar-refractivity contribution in [1.82, 2.24) is 9.97 Å². The third-order valence-corrected chi connectivity index (χ3v) is 7.52. The van der Waals surface area contributed by atoms with E-state index in [-0.39, 0.29) is 0 Å². The predicted octanol–water partition coefficient (Wildman–Crippen LogP) is 9.76. The average molecular weight is 499 g/mol. The topological polar surface area (TPSA) is 25.8 Å². The summed E-state index contributed by atoms with van der Waals surface area (Å²) in [6.07, 6.45) is 5.70. The summed E-state index contributed by atoms with van der Waals surface area (Å²) in [5.74, 6) is 0. The lowest BCUT2D eigenvalue weighted by Gasteiger charge is -2.18. The summed E-state index contributed by atoms with van der Waals surface area (Å²) < 4.78 is 0. The van der Waals surface area contributed by atoms with Crippen LogP contribution in [0.4, 0.5) is 0 Å². The molecule has 7 rings (SSSR count). The van der Waals surface area contributed by atoms with Gasteiger partial charge in [-0.25, -0.2) is 0 Å². The molecule has 2 heterocycles. The number of fused-ring (bicyclic) bond motifs is 2. The molecule has 0 unspecified atom stereocenters. The van der Waals surface area contributed by atoms with Gasteiger partial charge in [-0.2, -0.15) is 0 Å². The predicted molar refractivity (Wildman–Crippen MR) is 164 cm³/mol. The molecule has 0 amide bonds. The maximum Gasteiger partial charge on any atom is 0.0373 e. The van der Waals surface area contributed by atoms with Crippen LogP contribution in [0.1, 0.15) is 5.69 Å². The molecule has 2 nitrogen and oxygen atoms in total. The van der Waals surface area contributed by atoms with Crippen LogP contribution < -0.4 is 0 Å². The van der Waals surface area contributed by atoms with Gasteiger partial charge in [0.1, 0.15) is 0 Å². The molecule has 0 saturated carbocycles. The fourth-order valence-electron chi connectivity index (χ4n) is 5.60. The van der Waals surface area contributed by atoms with E-state index in [2.05, 4.69) is 131 Å². The van der Waals surface area contributed by atoms with Gasteiger partial charge in [0.05, 0.1) is 0 Å². The molecule has 7 aromatic rings. The summed E-state index contributed by atoms with van der Waals surface area (Å²) in [4.78, 5) is 8.76. The van der Waals surface area contributed by atoms with E-state index in [0.717, 1.165) is 11.3 Å². The molecular weight excluding hydrogens is 472 g/mol. The summed E-state index contributed by atoms with van der Waals surface area (Å²) in [7, 11) is 0. The van der Waals surface area contributed by atoms with Gasteiger partial charge in [0.15, 0.2) is 0 Å². The van der Waals surface area contributed by atoms with Gasteiger partial charge >= 0.3 is 0 Å². The summed E-state index contributed by atoms with van der Waals surface area (Å²) in [6.45, 7) is 2.01. The molecule has 0 bridgehead atoms. The molecule has 39 heavy (non-hydrogen) atoms. The van der Waals surface area contributed by atoms with Crippen LogP contribution in [-0.4, -0.2) is 9.97 Å². The first kappa shape index (κ1) is 23.1. The molecule has 2 aromatic heterocycles. The van der Waals surface area contributed by atoms with E-state index in [0.29, 0.717) is 0 Å². The monoisotopic (exact) mass is 498 g/mol. The first-order chi connectivity index (χ1) is 19.3. The van der Waals surface area contributed by atoms with Crippen molar-refractivity contribution in [3.05, 3.63) is 146 Å². The Labute approximate surface area is 228 Å². The second-order valence-electron chi connectivity index (χ2n) is 9.92. The Morgan fingerprint density at radius 2 is 0.949 bits per heavy atom. The number of aryl methyl sites for hydroxylation is 1. The van der Waals surface area contributed by atoms with Crippen molar-refractivity contribution in [2.24, 2.45) is 0 Å². The van der Waals surface area contributed by atoms with Crippen LogP contribution in [0.5, 0.6) is 0 Å². The molecule has 0 saturated heterocycles. The van der Waals surface area contributed by atoms with Crippen LogP contribution in [0.25, 0.3) is 66.1 Å². The van der Waals surface area contributed by atoms with Gasteiger partial charge in [-0.1, -0.05) is 97.1 Å². The summed E-state index contributed by atoms with van der Waals surface area (Å²) in [6, 6.07) is 43.6. The largest absolute Gasteiger partial charge is 0.265 e. The standard InChI is InChI=1S/C37H26N2/c1-25-11-12-31(24-39-25)27-15-13-26(14-16-27)30-17-18-34-35(23-30)37(29-19-21-38-22-20-29)33-10-6-5-9-32(33)36(34)28-7-3-2-4-8-28/h2-24H,1H3. The maximum atomic E-state index is 4.46. The Bertz CT molecular complexity index is 1920. The lowest BCUT2D eigenvalue weighted by atomic mass is 9.85. The van der Waals surface area contributed by atoms with Crippen molar-refractivity contribution < 1.29 is 0 Å². The number of aromatic nitrogens is 2. The zero-order valence-electron chi connectivity index (χ0n) is 21.7. The molecule has 2 heteroatoms. The molecule has 5 aromatic carbocycles.